The van der Waals surface area contributed by atoms with Crippen molar-refractivity contribution in [3.05, 3.63) is 102 Å². The third-order valence-electron chi connectivity index (χ3n) is 3.97. The summed E-state index contributed by atoms with van der Waals surface area (Å²) < 4.78 is 10.3. The predicted octanol–water partition coefficient (Wildman–Crippen LogP) is 5.22. The van der Waals surface area contributed by atoms with Crippen LogP contribution in [-0.2, 0) is 16.1 Å². The molecule has 3 aromatic rings. The van der Waals surface area contributed by atoms with Crippen LogP contribution < -0.4 is 5.32 Å². The maximum absolute atomic E-state index is 12.1. The smallest absolute Gasteiger partial charge is 0.450 e. The van der Waals surface area contributed by atoms with Crippen molar-refractivity contribution in [3.63, 3.8) is 0 Å². The van der Waals surface area contributed by atoms with E-state index in [1.807, 2.05) is 36.4 Å². The summed E-state index contributed by atoms with van der Waals surface area (Å²) >= 11 is 0. The van der Waals surface area contributed by atoms with E-state index in [0.717, 1.165) is 5.56 Å². The molecule has 0 aliphatic carbocycles. The van der Waals surface area contributed by atoms with Gasteiger partial charge in [-0.05, 0) is 28.8 Å². The van der Waals surface area contributed by atoms with Gasteiger partial charge in [0.15, 0.2) is 6.10 Å². The van der Waals surface area contributed by atoms with Crippen molar-refractivity contribution in [2.75, 3.05) is 5.32 Å². The van der Waals surface area contributed by atoms with Crippen LogP contribution in [-0.4, -0.2) is 17.4 Å². The molecule has 0 radical (unpaired) electrons. The normalized spacial score (nSPS) is 11.3. The fraction of sp³-hybridized carbons (Fsp3) is 0.0909. The Hall–Kier alpha value is -3.80. The largest absolute Gasteiger partial charge is 0.506 e. The Morgan fingerprint density at radius 2 is 1.50 bits per heavy atom. The summed E-state index contributed by atoms with van der Waals surface area (Å²) in [6, 6.07) is 25.1. The number of anilines is 1. The van der Waals surface area contributed by atoms with E-state index in [9.17, 15) is 9.59 Å². The fourth-order valence-electron chi connectivity index (χ4n) is 2.71. The Morgan fingerprint density at radius 1 is 0.857 bits per heavy atom. The third kappa shape index (κ3) is 5.35. The molecule has 6 heteroatoms. The number of hydrogen-bond donors (Lipinski definition) is 2. The standard InChI is InChI=1S/C22H19NO5/c24-21(27-15-16-8-3-1-4-9-16)23-19-13-7-12-18(14-19)20(28-22(25)26)17-10-5-2-6-11-17/h1-14,20H,15H2,(H,23,24)(H,25,26). The molecule has 0 aliphatic heterocycles. The molecule has 1 atom stereocenters. The van der Waals surface area contributed by atoms with Crippen molar-refractivity contribution >= 4 is 17.9 Å². The van der Waals surface area contributed by atoms with Crippen molar-refractivity contribution in [2.45, 2.75) is 12.7 Å². The molecule has 6 nitrogen and oxygen atoms in total. The molecule has 3 rings (SSSR count). The topological polar surface area (TPSA) is 84.9 Å². The lowest BCUT2D eigenvalue weighted by atomic mass is 10.0. The Bertz CT molecular complexity index is 928. The quantitative estimate of drug-likeness (QED) is 0.575. The summed E-state index contributed by atoms with van der Waals surface area (Å²) in [5.74, 6) is 0. The Labute approximate surface area is 162 Å². The number of rotatable bonds is 6. The monoisotopic (exact) mass is 377 g/mol. The van der Waals surface area contributed by atoms with Crippen LogP contribution in [0.4, 0.5) is 15.3 Å². The Balaban J connectivity index is 1.71. The van der Waals surface area contributed by atoms with Gasteiger partial charge in [0.1, 0.15) is 6.61 Å². The second kappa shape index (κ2) is 9.23. The number of carbonyl (C=O) groups excluding carboxylic acids is 1. The maximum atomic E-state index is 12.1. The van der Waals surface area contributed by atoms with Crippen LogP contribution in [0.15, 0.2) is 84.9 Å². The molecule has 0 saturated heterocycles. The molecule has 0 fully saturated rings. The Kier molecular flexibility index (Phi) is 6.25. The molecule has 142 valence electrons. The molecular weight excluding hydrogens is 358 g/mol. The summed E-state index contributed by atoms with van der Waals surface area (Å²) in [4.78, 5) is 23.2. The van der Waals surface area contributed by atoms with Gasteiger partial charge in [-0.25, -0.2) is 9.59 Å². The van der Waals surface area contributed by atoms with Crippen LogP contribution in [0.2, 0.25) is 0 Å². The molecule has 0 bridgehead atoms. The molecule has 0 heterocycles. The van der Waals surface area contributed by atoms with Gasteiger partial charge in [-0.2, -0.15) is 0 Å². The van der Waals surface area contributed by atoms with Gasteiger partial charge >= 0.3 is 12.2 Å². The zero-order valence-electron chi connectivity index (χ0n) is 14.9. The maximum Gasteiger partial charge on any atom is 0.506 e. The molecular formula is C22H19NO5. The van der Waals surface area contributed by atoms with E-state index in [-0.39, 0.29) is 6.61 Å². The van der Waals surface area contributed by atoms with Gasteiger partial charge in [0.2, 0.25) is 0 Å². The third-order valence-corrected chi connectivity index (χ3v) is 3.97. The van der Waals surface area contributed by atoms with Gasteiger partial charge in [0.25, 0.3) is 0 Å². The molecule has 1 unspecified atom stereocenters. The number of carboxylic acid groups (broad SMARTS) is 1. The second-order valence-corrected chi connectivity index (χ2v) is 5.99. The molecule has 0 spiro atoms. The van der Waals surface area contributed by atoms with E-state index >= 15 is 0 Å². The summed E-state index contributed by atoms with van der Waals surface area (Å²) in [6.07, 6.45) is -2.79. The minimum Gasteiger partial charge on any atom is -0.450 e. The summed E-state index contributed by atoms with van der Waals surface area (Å²) in [7, 11) is 0. The number of benzene rings is 3. The number of nitrogens with one attached hydrogen (secondary N) is 1. The first-order valence-corrected chi connectivity index (χ1v) is 8.64. The second-order valence-electron chi connectivity index (χ2n) is 5.99. The molecule has 28 heavy (non-hydrogen) atoms. The van der Waals surface area contributed by atoms with Crippen LogP contribution in [0, 0.1) is 0 Å². The number of ether oxygens (including phenoxy) is 2. The van der Waals surface area contributed by atoms with Gasteiger partial charge in [0.05, 0.1) is 0 Å². The summed E-state index contributed by atoms with van der Waals surface area (Å²) in [6.45, 7) is 0.154. The van der Waals surface area contributed by atoms with E-state index in [1.54, 1.807) is 48.5 Å². The van der Waals surface area contributed by atoms with Gasteiger partial charge in [-0.15, -0.1) is 0 Å². The lowest BCUT2D eigenvalue weighted by Gasteiger charge is -2.18. The number of hydrogen-bond acceptors (Lipinski definition) is 4. The first-order valence-electron chi connectivity index (χ1n) is 8.64. The summed E-state index contributed by atoms with van der Waals surface area (Å²) in [5.41, 5.74) is 2.64. The van der Waals surface area contributed by atoms with E-state index in [0.29, 0.717) is 16.8 Å². The zero-order chi connectivity index (χ0) is 19.8. The highest BCUT2D eigenvalue weighted by atomic mass is 16.7. The first-order chi connectivity index (χ1) is 13.6. The van der Waals surface area contributed by atoms with Crippen molar-refractivity contribution in [1.29, 1.82) is 0 Å². The van der Waals surface area contributed by atoms with Crippen LogP contribution in [0.3, 0.4) is 0 Å². The van der Waals surface area contributed by atoms with Crippen molar-refractivity contribution in [1.82, 2.24) is 0 Å². The van der Waals surface area contributed by atoms with E-state index in [2.05, 4.69) is 5.32 Å². The molecule has 3 aromatic carbocycles. The van der Waals surface area contributed by atoms with Gasteiger partial charge < -0.3 is 14.6 Å². The van der Waals surface area contributed by atoms with Crippen LogP contribution >= 0.6 is 0 Å². The molecule has 2 N–H and O–H groups in total. The predicted molar refractivity (Wildman–Crippen MR) is 104 cm³/mol. The first kappa shape index (κ1) is 19.0. The van der Waals surface area contributed by atoms with Crippen LogP contribution in [0.1, 0.15) is 22.8 Å². The number of carbonyl (C=O) groups is 2. The minimum absolute atomic E-state index is 0.154. The minimum atomic E-state index is -1.38. The van der Waals surface area contributed by atoms with Crippen molar-refractivity contribution in [2.24, 2.45) is 0 Å². The van der Waals surface area contributed by atoms with E-state index in [1.165, 1.54) is 0 Å². The highest BCUT2D eigenvalue weighted by Gasteiger charge is 2.19. The molecule has 0 aliphatic rings. The fourth-order valence-corrected chi connectivity index (χ4v) is 2.71. The SMILES string of the molecule is O=C(O)OC(c1ccccc1)c1cccc(NC(=O)OCc2ccccc2)c1. The van der Waals surface area contributed by atoms with Gasteiger partial charge in [0, 0.05) is 5.69 Å². The lowest BCUT2D eigenvalue weighted by Crippen LogP contribution is -2.15. The number of amides is 1. The average Bonchev–Trinajstić information content (AvgIpc) is 2.72. The summed E-state index contributed by atoms with van der Waals surface area (Å²) in [5, 5.41) is 11.7. The van der Waals surface area contributed by atoms with Crippen LogP contribution in [0.25, 0.3) is 0 Å². The molecule has 1 amide bonds. The van der Waals surface area contributed by atoms with Crippen LogP contribution in [0.5, 0.6) is 0 Å². The average molecular weight is 377 g/mol. The molecule has 0 aromatic heterocycles. The van der Waals surface area contributed by atoms with E-state index < -0.39 is 18.4 Å². The van der Waals surface area contributed by atoms with Crippen molar-refractivity contribution in [3.8, 4) is 0 Å². The van der Waals surface area contributed by atoms with Gasteiger partial charge in [-0.3, -0.25) is 5.32 Å². The Morgan fingerprint density at radius 3 is 2.18 bits per heavy atom. The lowest BCUT2D eigenvalue weighted by molar-refractivity contribution is 0.0663. The van der Waals surface area contributed by atoms with E-state index in [4.69, 9.17) is 14.6 Å². The molecule has 0 saturated carbocycles. The highest BCUT2D eigenvalue weighted by Crippen LogP contribution is 2.28. The zero-order valence-corrected chi connectivity index (χ0v) is 14.9. The van der Waals surface area contributed by atoms with Gasteiger partial charge in [-0.1, -0.05) is 72.8 Å². The van der Waals surface area contributed by atoms with Crippen molar-refractivity contribution < 1.29 is 24.2 Å². The highest BCUT2D eigenvalue weighted by molar-refractivity contribution is 5.84.